The summed E-state index contributed by atoms with van der Waals surface area (Å²) in [6, 6.07) is 6.95. The van der Waals surface area contributed by atoms with Crippen LogP contribution in [-0.2, 0) is 9.59 Å². The van der Waals surface area contributed by atoms with Crippen molar-refractivity contribution < 1.29 is 19.1 Å². The number of carbonyl (C=O) groups excluding carboxylic acids is 2. The number of nitrogens with one attached hydrogen (secondary N) is 1. The molecule has 0 heterocycles. The van der Waals surface area contributed by atoms with Gasteiger partial charge >= 0.3 is 0 Å². The summed E-state index contributed by atoms with van der Waals surface area (Å²) < 4.78 is 10.4. The van der Waals surface area contributed by atoms with Crippen LogP contribution in [0.25, 0.3) is 0 Å². The fourth-order valence-corrected chi connectivity index (χ4v) is 2.57. The van der Waals surface area contributed by atoms with Crippen molar-refractivity contribution in [1.82, 2.24) is 5.43 Å². The molecular formula is C17H22N2O4. The molecule has 1 aliphatic carbocycles. The molecule has 0 atom stereocenters. The summed E-state index contributed by atoms with van der Waals surface area (Å²) in [7, 11) is 1.58. The Morgan fingerprint density at radius 2 is 1.87 bits per heavy atom. The van der Waals surface area contributed by atoms with E-state index in [0.29, 0.717) is 30.7 Å². The monoisotopic (exact) mass is 318 g/mol. The first-order valence-corrected chi connectivity index (χ1v) is 7.51. The van der Waals surface area contributed by atoms with Gasteiger partial charge in [-0.1, -0.05) is 13.8 Å². The van der Waals surface area contributed by atoms with Crippen LogP contribution < -0.4 is 14.9 Å². The minimum atomic E-state index is -0.357. The second-order valence-corrected chi connectivity index (χ2v) is 6.41. The molecule has 1 N–H and O–H groups in total. The van der Waals surface area contributed by atoms with Gasteiger partial charge in [-0.15, -0.1) is 0 Å². The number of methoxy groups -OCH3 is 1. The number of hydrogen-bond acceptors (Lipinski definition) is 5. The van der Waals surface area contributed by atoms with Gasteiger partial charge in [0.25, 0.3) is 5.91 Å². The highest BCUT2D eigenvalue weighted by atomic mass is 16.5. The van der Waals surface area contributed by atoms with Crippen molar-refractivity contribution in [3.8, 4) is 11.5 Å². The first kappa shape index (κ1) is 17.0. The lowest BCUT2D eigenvalue weighted by molar-refractivity contribution is -0.123. The maximum absolute atomic E-state index is 11.8. The van der Waals surface area contributed by atoms with E-state index in [4.69, 9.17) is 9.47 Å². The fourth-order valence-electron chi connectivity index (χ4n) is 2.57. The molecule has 1 aromatic carbocycles. The predicted octanol–water partition coefficient (Wildman–Crippen LogP) is 2.33. The van der Waals surface area contributed by atoms with Crippen LogP contribution >= 0.6 is 0 Å². The van der Waals surface area contributed by atoms with Crippen molar-refractivity contribution in [2.75, 3.05) is 13.7 Å². The van der Waals surface area contributed by atoms with Crippen LogP contribution in [0.15, 0.2) is 29.4 Å². The molecule has 1 fully saturated rings. The zero-order valence-electron chi connectivity index (χ0n) is 13.7. The highest BCUT2D eigenvalue weighted by molar-refractivity contribution is 6.05. The van der Waals surface area contributed by atoms with Crippen molar-refractivity contribution in [2.24, 2.45) is 10.5 Å². The van der Waals surface area contributed by atoms with E-state index in [1.807, 2.05) is 13.8 Å². The number of hydrogen-bond donors (Lipinski definition) is 1. The molecule has 0 aromatic heterocycles. The van der Waals surface area contributed by atoms with E-state index in [0.717, 1.165) is 5.75 Å². The van der Waals surface area contributed by atoms with Crippen LogP contribution in [0, 0.1) is 5.41 Å². The number of ketones is 1. The number of benzene rings is 1. The van der Waals surface area contributed by atoms with Crippen molar-refractivity contribution >= 4 is 17.4 Å². The smallest absolute Gasteiger partial charge is 0.277 e. The highest BCUT2D eigenvalue weighted by Gasteiger charge is 2.30. The molecule has 1 amide bonds. The Labute approximate surface area is 135 Å². The van der Waals surface area contributed by atoms with Crippen LogP contribution in [0.2, 0.25) is 0 Å². The number of amides is 1. The molecule has 0 spiro atoms. The van der Waals surface area contributed by atoms with E-state index in [1.165, 1.54) is 0 Å². The maximum Gasteiger partial charge on any atom is 0.277 e. The molecule has 0 saturated heterocycles. The van der Waals surface area contributed by atoms with Gasteiger partial charge in [0.1, 0.15) is 17.3 Å². The molecular weight excluding hydrogens is 296 g/mol. The van der Waals surface area contributed by atoms with Crippen LogP contribution in [0.1, 0.15) is 33.1 Å². The summed E-state index contributed by atoms with van der Waals surface area (Å²) in [5, 5.41) is 4.07. The van der Waals surface area contributed by atoms with Gasteiger partial charge in [-0.3, -0.25) is 9.59 Å². The molecule has 6 nitrogen and oxygen atoms in total. The van der Waals surface area contributed by atoms with Crippen LogP contribution in [-0.4, -0.2) is 31.1 Å². The molecule has 0 unspecified atom stereocenters. The standard InChI is InChI=1S/C17H22N2O4/c1-17(2)9-12(8-13(20)10-17)18-19-16(21)11-23-15-6-4-14(22-3)5-7-15/h4-7H,8-11H2,1-3H3,(H,19,21)/b18-12-. The summed E-state index contributed by atoms with van der Waals surface area (Å²) >= 11 is 0. The molecule has 0 aliphatic heterocycles. The number of rotatable bonds is 5. The summed E-state index contributed by atoms with van der Waals surface area (Å²) in [6.45, 7) is 3.91. The fraction of sp³-hybridized carbons (Fsp3) is 0.471. The maximum atomic E-state index is 11.8. The summed E-state index contributed by atoms with van der Waals surface area (Å²) in [5.41, 5.74) is 3.06. The molecule has 2 rings (SSSR count). The molecule has 124 valence electrons. The normalized spacial score (nSPS) is 18.6. The van der Waals surface area contributed by atoms with E-state index in [2.05, 4.69) is 10.5 Å². The number of Topliss-reactive ketones (excluding diaryl/α,β-unsaturated/α-hetero) is 1. The zero-order chi connectivity index (χ0) is 16.9. The van der Waals surface area contributed by atoms with Crippen molar-refractivity contribution in [1.29, 1.82) is 0 Å². The highest BCUT2D eigenvalue weighted by Crippen LogP contribution is 2.31. The Morgan fingerprint density at radius 1 is 1.22 bits per heavy atom. The first-order valence-electron chi connectivity index (χ1n) is 7.51. The minimum absolute atomic E-state index is 0.0987. The zero-order valence-corrected chi connectivity index (χ0v) is 13.7. The number of carbonyl (C=O) groups is 2. The lowest BCUT2D eigenvalue weighted by atomic mass is 9.76. The molecule has 23 heavy (non-hydrogen) atoms. The van der Waals surface area contributed by atoms with Gasteiger partial charge < -0.3 is 9.47 Å². The van der Waals surface area contributed by atoms with Gasteiger partial charge in [0, 0.05) is 18.6 Å². The van der Waals surface area contributed by atoms with Gasteiger partial charge in [-0.05, 0) is 36.1 Å². The third kappa shape index (κ3) is 5.39. The molecule has 6 heteroatoms. The van der Waals surface area contributed by atoms with Gasteiger partial charge in [0.15, 0.2) is 6.61 Å². The quantitative estimate of drug-likeness (QED) is 0.845. The van der Waals surface area contributed by atoms with Crippen LogP contribution in [0.3, 0.4) is 0 Å². The Hall–Kier alpha value is -2.37. The molecule has 0 bridgehead atoms. The number of nitrogens with zero attached hydrogens (tertiary/aromatic N) is 1. The Kier molecular flexibility index (Phi) is 5.36. The molecule has 1 saturated carbocycles. The number of hydrazone groups is 1. The van der Waals surface area contributed by atoms with Crippen LogP contribution in [0.4, 0.5) is 0 Å². The van der Waals surface area contributed by atoms with Crippen molar-refractivity contribution in [2.45, 2.75) is 33.1 Å². The summed E-state index contributed by atoms with van der Waals surface area (Å²) in [4.78, 5) is 23.4. The lowest BCUT2D eigenvalue weighted by Crippen LogP contribution is -2.32. The second-order valence-electron chi connectivity index (χ2n) is 6.41. The second kappa shape index (κ2) is 7.26. The lowest BCUT2D eigenvalue weighted by Gasteiger charge is -2.28. The first-order chi connectivity index (χ1) is 10.9. The van der Waals surface area contributed by atoms with Gasteiger partial charge in [-0.25, -0.2) is 5.43 Å². The molecule has 1 aromatic rings. The van der Waals surface area contributed by atoms with Gasteiger partial charge in [0.2, 0.25) is 0 Å². The average Bonchev–Trinajstić information content (AvgIpc) is 2.49. The third-order valence-electron chi connectivity index (χ3n) is 3.53. The third-order valence-corrected chi connectivity index (χ3v) is 3.53. The van der Waals surface area contributed by atoms with Crippen molar-refractivity contribution in [3.63, 3.8) is 0 Å². The minimum Gasteiger partial charge on any atom is -0.497 e. The predicted molar refractivity (Wildman–Crippen MR) is 86.7 cm³/mol. The number of ether oxygens (including phenoxy) is 2. The van der Waals surface area contributed by atoms with E-state index < -0.39 is 0 Å². The molecule has 1 aliphatic rings. The Bertz CT molecular complexity index is 606. The SMILES string of the molecule is COc1ccc(OCC(=O)N/N=C2/CC(=O)CC(C)(C)C2)cc1. The van der Waals surface area contributed by atoms with E-state index in [9.17, 15) is 9.59 Å². The van der Waals surface area contributed by atoms with Gasteiger partial charge in [0.05, 0.1) is 7.11 Å². The van der Waals surface area contributed by atoms with E-state index in [-0.39, 0.29) is 23.7 Å². The largest absolute Gasteiger partial charge is 0.497 e. The van der Waals surface area contributed by atoms with Crippen LogP contribution in [0.5, 0.6) is 11.5 Å². The average molecular weight is 318 g/mol. The Morgan fingerprint density at radius 3 is 2.48 bits per heavy atom. The summed E-state index contributed by atoms with van der Waals surface area (Å²) in [6.07, 6.45) is 1.57. The molecule has 0 radical (unpaired) electrons. The van der Waals surface area contributed by atoms with Gasteiger partial charge in [-0.2, -0.15) is 5.10 Å². The van der Waals surface area contributed by atoms with E-state index in [1.54, 1.807) is 31.4 Å². The van der Waals surface area contributed by atoms with Crippen molar-refractivity contribution in [3.05, 3.63) is 24.3 Å². The van der Waals surface area contributed by atoms with E-state index >= 15 is 0 Å². The Balaban J connectivity index is 1.82. The topological polar surface area (TPSA) is 77.0 Å². The summed E-state index contributed by atoms with van der Waals surface area (Å²) in [5.74, 6) is 1.09.